The van der Waals surface area contributed by atoms with Crippen LogP contribution in [0.3, 0.4) is 0 Å². The van der Waals surface area contributed by atoms with Crippen molar-refractivity contribution in [2.24, 2.45) is 0 Å². The van der Waals surface area contributed by atoms with Crippen molar-refractivity contribution in [3.8, 4) is 0 Å². The van der Waals surface area contributed by atoms with Crippen LogP contribution < -0.4 is 0 Å². The number of hydrogen-bond donors (Lipinski definition) is 4. The van der Waals surface area contributed by atoms with Crippen LogP contribution >= 0.6 is 0 Å². The van der Waals surface area contributed by atoms with E-state index in [1.165, 1.54) is 7.11 Å². The molecule has 0 aromatic carbocycles. The highest BCUT2D eigenvalue weighted by Gasteiger charge is 2.54. The summed E-state index contributed by atoms with van der Waals surface area (Å²) in [4.78, 5) is 0. The van der Waals surface area contributed by atoms with Crippen molar-refractivity contribution in [3.05, 3.63) is 0 Å². The molecule has 0 spiro atoms. The van der Waals surface area contributed by atoms with Gasteiger partial charge in [0.1, 0.15) is 24.9 Å². The molecule has 1 aliphatic rings. The maximum Gasteiger partial charge on any atom is 0.221 e. The van der Waals surface area contributed by atoms with E-state index in [0.29, 0.717) is 0 Å². The highest BCUT2D eigenvalue weighted by Crippen LogP contribution is 2.31. The third-order valence-corrected chi connectivity index (χ3v) is 2.25. The lowest BCUT2D eigenvalue weighted by molar-refractivity contribution is -0.263. The molecular formula is C7H14O6. The molecule has 0 aromatic heterocycles. The van der Waals surface area contributed by atoms with Crippen LogP contribution in [0.1, 0.15) is 0 Å². The lowest BCUT2D eigenvalue weighted by Crippen LogP contribution is -2.47. The molecule has 1 saturated heterocycles. The summed E-state index contributed by atoms with van der Waals surface area (Å²) in [5.41, 5.74) is 0. The van der Waals surface area contributed by atoms with Gasteiger partial charge in [-0.05, 0) is 0 Å². The van der Waals surface area contributed by atoms with Crippen LogP contribution in [-0.4, -0.2) is 64.8 Å². The lowest BCUT2D eigenvalue weighted by Gasteiger charge is -2.27. The maximum atomic E-state index is 9.44. The van der Waals surface area contributed by atoms with Gasteiger partial charge in [0.05, 0.1) is 6.61 Å². The molecule has 0 radical (unpaired) electrons. The molecule has 1 fully saturated rings. The summed E-state index contributed by atoms with van der Waals surface area (Å²) in [6.45, 7) is -1.03. The number of aliphatic hydroxyl groups excluding tert-OH is 4. The molecule has 6 heteroatoms. The van der Waals surface area contributed by atoms with Gasteiger partial charge in [-0.25, -0.2) is 0 Å². The van der Waals surface area contributed by atoms with E-state index in [2.05, 4.69) is 0 Å². The van der Waals surface area contributed by atoms with Gasteiger partial charge < -0.3 is 29.9 Å². The third-order valence-electron chi connectivity index (χ3n) is 2.25. The predicted molar refractivity (Wildman–Crippen MR) is 40.8 cm³/mol. The fourth-order valence-electron chi connectivity index (χ4n) is 1.37. The molecule has 4 N–H and O–H groups in total. The average Bonchev–Trinajstić information content (AvgIpc) is 2.42. The Bertz CT molecular complexity index is 168. The van der Waals surface area contributed by atoms with Crippen LogP contribution in [0.5, 0.6) is 0 Å². The molecule has 0 bridgehead atoms. The molecule has 1 heterocycles. The summed E-state index contributed by atoms with van der Waals surface area (Å²) >= 11 is 0. The monoisotopic (exact) mass is 194 g/mol. The van der Waals surface area contributed by atoms with Gasteiger partial charge in [0.25, 0.3) is 0 Å². The first-order valence-electron chi connectivity index (χ1n) is 3.92. The Morgan fingerprint density at radius 3 is 2.23 bits per heavy atom. The zero-order valence-corrected chi connectivity index (χ0v) is 7.25. The highest BCUT2D eigenvalue weighted by atomic mass is 16.7. The van der Waals surface area contributed by atoms with Crippen LogP contribution in [0.2, 0.25) is 0 Å². The summed E-state index contributed by atoms with van der Waals surface area (Å²) in [5.74, 6) is -1.62. The second kappa shape index (κ2) is 3.87. The van der Waals surface area contributed by atoms with Crippen LogP contribution in [0.25, 0.3) is 0 Å². The quantitative estimate of drug-likeness (QED) is 0.394. The second-order valence-corrected chi connectivity index (χ2v) is 2.95. The number of hydrogen-bond acceptors (Lipinski definition) is 6. The fourth-order valence-corrected chi connectivity index (χ4v) is 1.37. The summed E-state index contributed by atoms with van der Waals surface area (Å²) in [6.07, 6.45) is -3.54. The molecule has 0 aliphatic carbocycles. The van der Waals surface area contributed by atoms with Gasteiger partial charge in [-0.1, -0.05) is 0 Å². The Kier molecular flexibility index (Phi) is 3.23. The van der Waals surface area contributed by atoms with Gasteiger partial charge in [0.2, 0.25) is 5.79 Å². The van der Waals surface area contributed by atoms with E-state index in [0.717, 1.165) is 0 Å². The van der Waals surface area contributed by atoms with E-state index in [4.69, 9.17) is 19.7 Å². The summed E-state index contributed by atoms with van der Waals surface area (Å²) < 4.78 is 9.77. The Morgan fingerprint density at radius 1 is 1.38 bits per heavy atom. The van der Waals surface area contributed by atoms with Crippen molar-refractivity contribution in [2.45, 2.75) is 24.1 Å². The van der Waals surface area contributed by atoms with Gasteiger partial charge in [-0.15, -0.1) is 0 Å². The Balaban J connectivity index is 2.79. The van der Waals surface area contributed by atoms with Crippen molar-refractivity contribution in [2.75, 3.05) is 20.3 Å². The summed E-state index contributed by atoms with van der Waals surface area (Å²) in [7, 11) is 1.24. The standard InChI is InChI=1S/C7H14O6/c1-12-7(3-9)6(11)5(10)4(2-8)13-7/h4-6,8-11H,2-3H2,1H3/t4?,5-,6+,7+/m0/s1. The highest BCUT2D eigenvalue weighted by molar-refractivity contribution is 4.95. The summed E-state index contributed by atoms with van der Waals surface area (Å²) in [6, 6.07) is 0. The van der Waals surface area contributed by atoms with E-state index in [-0.39, 0.29) is 0 Å². The van der Waals surface area contributed by atoms with Gasteiger partial charge in [0.15, 0.2) is 0 Å². The first-order chi connectivity index (χ1) is 6.11. The number of aliphatic hydroxyl groups is 4. The van der Waals surface area contributed by atoms with E-state index in [1.807, 2.05) is 0 Å². The van der Waals surface area contributed by atoms with Gasteiger partial charge in [-0.2, -0.15) is 0 Å². The van der Waals surface area contributed by atoms with Crippen molar-refractivity contribution in [1.82, 2.24) is 0 Å². The first-order valence-corrected chi connectivity index (χ1v) is 3.92. The van der Waals surface area contributed by atoms with E-state index in [1.54, 1.807) is 0 Å². The number of ether oxygens (including phenoxy) is 2. The maximum absolute atomic E-state index is 9.44. The Hall–Kier alpha value is -0.240. The largest absolute Gasteiger partial charge is 0.394 e. The molecule has 13 heavy (non-hydrogen) atoms. The molecule has 1 rings (SSSR count). The zero-order valence-electron chi connectivity index (χ0n) is 7.25. The molecule has 1 aliphatic heterocycles. The average molecular weight is 194 g/mol. The smallest absolute Gasteiger partial charge is 0.221 e. The van der Waals surface area contributed by atoms with Crippen molar-refractivity contribution in [1.29, 1.82) is 0 Å². The predicted octanol–water partition coefficient (Wildman–Crippen LogP) is -2.57. The van der Waals surface area contributed by atoms with Gasteiger partial charge in [0, 0.05) is 7.11 Å². The molecule has 4 atom stereocenters. The molecule has 0 aromatic rings. The van der Waals surface area contributed by atoms with Gasteiger partial charge in [-0.3, -0.25) is 0 Å². The SMILES string of the molecule is CO[C@]1(CO)OC(CO)[C@H](O)[C@H]1O. The van der Waals surface area contributed by atoms with Crippen LogP contribution in [0, 0.1) is 0 Å². The van der Waals surface area contributed by atoms with Crippen molar-refractivity contribution >= 4 is 0 Å². The van der Waals surface area contributed by atoms with Crippen molar-refractivity contribution < 1.29 is 29.9 Å². The summed E-state index contributed by atoms with van der Waals surface area (Å²) in [5, 5.41) is 36.4. The van der Waals surface area contributed by atoms with E-state index < -0.39 is 37.3 Å². The molecule has 0 amide bonds. The topological polar surface area (TPSA) is 99.4 Å². The minimum absolute atomic E-state index is 0.441. The third kappa shape index (κ3) is 1.56. The van der Waals surface area contributed by atoms with E-state index in [9.17, 15) is 10.2 Å². The first kappa shape index (κ1) is 10.8. The fraction of sp³-hybridized carbons (Fsp3) is 1.00. The van der Waals surface area contributed by atoms with E-state index >= 15 is 0 Å². The Morgan fingerprint density at radius 2 is 2.00 bits per heavy atom. The molecule has 6 nitrogen and oxygen atoms in total. The zero-order chi connectivity index (χ0) is 10.1. The molecular weight excluding hydrogens is 180 g/mol. The van der Waals surface area contributed by atoms with Crippen LogP contribution in [-0.2, 0) is 9.47 Å². The lowest BCUT2D eigenvalue weighted by atomic mass is 10.1. The van der Waals surface area contributed by atoms with Crippen LogP contribution in [0.4, 0.5) is 0 Å². The minimum atomic E-state index is -1.62. The second-order valence-electron chi connectivity index (χ2n) is 2.95. The molecule has 0 saturated carbocycles. The normalized spacial score (nSPS) is 45.5. The molecule has 1 unspecified atom stereocenters. The molecule has 78 valence electrons. The number of methoxy groups -OCH3 is 1. The van der Waals surface area contributed by atoms with Crippen LogP contribution in [0.15, 0.2) is 0 Å². The van der Waals surface area contributed by atoms with Crippen molar-refractivity contribution in [3.63, 3.8) is 0 Å². The minimum Gasteiger partial charge on any atom is -0.394 e. The number of rotatable bonds is 3. The Labute approximate surface area is 75.3 Å². The van der Waals surface area contributed by atoms with Gasteiger partial charge >= 0.3 is 0 Å².